The first-order valence-electron chi connectivity index (χ1n) is 9.58. The quantitative estimate of drug-likeness (QED) is 0.206. The molecule has 0 radical (unpaired) electrons. The zero-order valence-corrected chi connectivity index (χ0v) is 20.4. The summed E-state index contributed by atoms with van der Waals surface area (Å²) >= 11 is 5.86. The molecule has 3 rings (SSSR count). The third-order valence-corrected chi connectivity index (χ3v) is 4.93. The van der Waals surface area contributed by atoms with Gasteiger partial charge < -0.3 is 15.2 Å². The van der Waals surface area contributed by atoms with Gasteiger partial charge in [0, 0.05) is 19.8 Å². The number of aryl methyl sites for hydroxylation is 1. The molecular weight excluding hydrogens is 513 g/mol. The van der Waals surface area contributed by atoms with Gasteiger partial charge in [-0.3, -0.25) is 0 Å². The molecule has 0 saturated heterocycles. The predicted molar refractivity (Wildman–Crippen MR) is 131 cm³/mol. The topological polar surface area (TPSA) is 80.0 Å². The fourth-order valence-electron chi connectivity index (χ4n) is 2.80. The molecule has 0 amide bonds. The minimum absolute atomic E-state index is 0. The number of hydrogen-bond donors (Lipinski definition) is 2. The highest BCUT2D eigenvalue weighted by molar-refractivity contribution is 14.0. The van der Waals surface area contributed by atoms with E-state index in [9.17, 15) is 0 Å². The summed E-state index contributed by atoms with van der Waals surface area (Å²) in [6.07, 6.45) is 2.61. The van der Waals surface area contributed by atoms with Crippen molar-refractivity contribution in [3.8, 4) is 0 Å². The molecule has 2 aromatic heterocycles. The number of rotatable bonds is 7. The molecule has 0 saturated carbocycles. The molecule has 0 aliphatic carbocycles. The van der Waals surface area contributed by atoms with Crippen LogP contribution in [0.3, 0.4) is 0 Å². The van der Waals surface area contributed by atoms with E-state index in [-0.39, 0.29) is 30.0 Å². The monoisotopic (exact) mass is 539 g/mol. The van der Waals surface area contributed by atoms with Gasteiger partial charge in [-0.05, 0) is 37.5 Å². The first-order valence-corrected chi connectivity index (χ1v) is 9.96. The minimum Gasteiger partial charge on any atom is -0.356 e. The fourth-order valence-corrected chi connectivity index (χ4v) is 2.91. The minimum atomic E-state index is 0. The highest BCUT2D eigenvalue weighted by Gasteiger charge is 2.09. The number of aromatic nitrogens is 4. The molecule has 160 valence electrons. The molecule has 0 aliphatic heterocycles. The fraction of sp³-hybridized carbons (Fsp3) is 0.333. The van der Waals surface area contributed by atoms with Gasteiger partial charge in [-0.15, -0.1) is 34.2 Å². The number of halogens is 2. The van der Waals surface area contributed by atoms with Gasteiger partial charge in [0.1, 0.15) is 17.5 Å². The van der Waals surface area contributed by atoms with Crippen LogP contribution in [0.15, 0.2) is 53.7 Å². The van der Waals surface area contributed by atoms with Crippen molar-refractivity contribution >= 4 is 41.5 Å². The highest BCUT2D eigenvalue weighted by Crippen LogP contribution is 2.11. The lowest BCUT2D eigenvalue weighted by molar-refractivity contribution is 0.675. The number of guanidine groups is 1. The molecule has 2 N–H and O–H groups in total. The Labute approximate surface area is 199 Å². The molecule has 2 heterocycles. The number of benzene rings is 1. The Morgan fingerprint density at radius 1 is 1.17 bits per heavy atom. The second-order valence-corrected chi connectivity index (χ2v) is 7.22. The van der Waals surface area contributed by atoms with Crippen LogP contribution in [0.4, 0.5) is 0 Å². The molecule has 0 fully saturated rings. The number of aliphatic imine (C=N–C) groups is 1. The van der Waals surface area contributed by atoms with E-state index in [1.807, 2.05) is 42.8 Å². The molecule has 9 heteroatoms. The Hall–Kier alpha value is -2.20. The van der Waals surface area contributed by atoms with Crippen molar-refractivity contribution in [2.45, 2.75) is 32.9 Å². The zero-order valence-electron chi connectivity index (χ0n) is 17.3. The Bertz CT molecular complexity index is 942. The van der Waals surface area contributed by atoms with E-state index in [1.165, 1.54) is 5.56 Å². The molecule has 3 aromatic rings. The van der Waals surface area contributed by atoms with Crippen LogP contribution in [0.1, 0.15) is 35.7 Å². The molecule has 1 aromatic carbocycles. The van der Waals surface area contributed by atoms with E-state index in [2.05, 4.69) is 44.9 Å². The second-order valence-electron chi connectivity index (χ2n) is 6.83. The molecule has 1 unspecified atom stereocenters. The number of pyridine rings is 1. The molecule has 0 spiro atoms. The van der Waals surface area contributed by atoms with Crippen LogP contribution in [-0.2, 0) is 20.0 Å². The van der Waals surface area contributed by atoms with Gasteiger partial charge in [0.2, 0.25) is 0 Å². The Morgan fingerprint density at radius 3 is 2.57 bits per heavy atom. The van der Waals surface area contributed by atoms with Crippen LogP contribution in [0.25, 0.3) is 0 Å². The molecule has 0 aliphatic rings. The summed E-state index contributed by atoms with van der Waals surface area (Å²) in [5.74, 6) is 2.41. The van der Waals surface area contributed by atoms with Gasteiger partial charge >= 0.3 is 0 Å². The van der Waals surface area contributed by atoms with E-state index >= 15 is 0 Å². The number of hydrogen-bond acceptors (Lipinski definition) is 4. The third kappa shape index (κ3) is 6.94. The molecular formula is C21H27ClIN7. The van der Waals surface area contributed by atoms with Crippen molar-refractivity contribution in [3.05, 3.63) is 76.6 Å². The van der Waals surface area contributed by atoms with Crippen molar-refractivity contribution in [2.75, 3.05) is 6.54 Å². The molecule has 0 bridgehead atoms. The zero-order chi connectivity index (χ0) is 20.6. The maximum absolute atomic E-state index is 5.86. The van der Waals surface area contributed by atoms with Crippen LogP contribution in [0, 0.1) is 6.92 Å². The van der Waals surface area contributed by atoms with Crippen LogP contribution >= 0.6 is 35.6 Å². The first-order chi connectivity index (χ1) is 14.0. The lowest BCUT2D eigenvalue weighted by atomic mass is 10.1. The molecule has 1 atom stereocenters. The SMILES string of the molecule is Cc1nnc(CN=C(NCCc2ccc(Cl)nc2)NC(C)c2ccccc2)n1C.I. The maximum Gasteiger partial charge on any atom is 0.192 e. The van der Waals surface area contributed by atoms with Crippen molar-refractivity contribution in [1.82, 2.24) is 30.4 Å². The highest BCUT2D eigenvalue weighted by atomic mass is 127. The predicted octanol–water partition coefficient (Wildman–Crippen LogP) is 3.83. The van der Waals surface area contributed by atoms with Crippen molar-refractivity contribution < 1.29 is 0 Å². The van der Waals surface area contributed by atoms with E-state index < -0.39 is 0 Å². The standard InChI is InChI=1S/C21H26ClN7.HI/c1-15(18-7-5-4-6-8-18)26-21(25-14-20-28-27-16(2)29(20)3)23-12-11-17-9-10-19(22)24-13-17;/h4-10,13,15H,11-12,14H2,1-3H3,(H2,23,25,26);1H. The van der Waals surface area contributed by atoms with Crippen LogP contribution in [0.5, 0.6) is 0 Å². The van der Waals surface area contributed by atoms with Crippen LogP contribution in [-0.4, -0.2) is 32.3 Å². The van der Waals surface area contributed by atoms with Gasteiger partial charge in [-0.25, -0.2) is 9.98 Å². The summed E-state index contributed by atoms with van der Waals surface area (Å²) in [7, 11) is 1.95. The van der Waals surface area contributed by atoms with Gasteiger partial charge in [0.15, 0.2) is 11.8 Å². The lowest BCUT2D eigenvalue weighted by Crippen LogP contribution is -2.39. The normalized spacial score (nSPS) is 12.2. The summed E-state index contributed by atoms with van der Waals surface area (Å²) in [6, 6.07) is 14.2. The molecule has 30 heavy (non-hydrogen) atoms. The maximum atomic E-state index is 5.86. The van der Waals surface area contributed by atoms with Gasteiger partial charge in [-0.1, -0.05) is 48.0 Å². The van der Waals surface area contributed by atoms with E-state index in [0.29, 0.717) is 18.2 Å². The summed E-state index contributed by atoms with van der Waals surface area (Å²) in [4.78, 5) is 8.84. The summed E-state index contributed by atoms with van der Waals surface area (Å²) < 4.78 is 1.95. The van der Waals surface area contributed by atoms with E-state index in [1.54, 1.807) is 12.3 Å². The summed E-state index contributed by atoms with van der Waals surface area (Å²) in [6.45, 7) is 5.20. The Morgan fingerprint density at radius 2 is 1.93 bits per heavy atom. The third-order valence-electron chi connectivity index (χ3n) is 4.71. The van der Waals surface area contributed by atoms with E-state index in [0.717, 1.165) is 29.6 Å². The first kappa shape index (κ1) is 24.1. The smallest absolute Gasteiger partial charge is 0.192 e. The molecule has 7 nitrogen and oxygen atoms in total. The van der Waals surface area contributed by atoms with Gasteiger partial charge in [0.05, 0.1) is 6.04 Å². The Balaban J connectivity index is 0.00000320. The number of nitrogens with zero attached hydrogens (tertiary/aromatic N) is 5. The van der Waals surface area contributed by atoms with Crippen LogP contribution < -0.4 is 10.6 Å². The van der Waals surface area contributed by atoms with Crippen molar-refractivity contribution in [2.24, 2.45) is 12.0 Å². The second kappa shape index (κ2) is 11.8. The van der Waals surface area contributed by atoms with E-state index in [4.69, 9.17) is 16.6 Å². The Kier molecular flexibility index (Phi) is 9.51. The number of nitrogens with one attached hydrogen (secondary N) is 2. The average Bonchev–Trinajstić information content (AvgIpc) is 3.06. The van der Waals surface area contributed by atoms with Crippen molar-refractivity contribution in [1.29, 1.82) is 0 Å². The van der Waals surface area contributed by atoms with Crippen LogP contribution in [0.2, 0.25) is 5.15 Å². The van der Waals surface area contributed by atoms with Gasteiger partial charge in [-0.2, -0.15) is 0 Å². The van der Waals surface area contributed by atoms with Gasteiger partial charge in [0.25, 0.3) is 0 Å². The summed E-state index contributed by atoms with van der Waals surface area (Å²) in [5, 5.41) is 15.7. The largest absolute Gasteiger partial charge is 0.356 e. The average molecular weight is 540 g/mol. The van der Waals surface area contributed by atoms with Crippen molar-refractivity contribution in [3.63, 3.8) is 0 Å². The summed E-state index contributed by atoms with van der Waals surface area (Å²) in [5.41, 5.74) is 2.31. The lowest BCUT2D eigenvalue weighted by Gasteiger charge is -2.19.